The van der Waals surface area contributed by atoms with E-state index in [-0.39, 0.29) is 5.57 Å². The van der Waals surface area contributed by atoms with E-state index in [4.69, 9.17) is 0 Å². The van der Waals surface area contributed by atoms with Gasteiger partial charge in [0.2, 0.25) is 0 Å². The number of esters is 1. The van der Waals surface area contributed by atoms with Gasteiger partial charge >= 0.3 is 5.97 Å². The predicted octanol–water partition coefficient (Wildman–Crippen LogP) is 1.25. The number of hydrogen-bond acceptors (Lipinski definition) is 2. The molecule has 0 saturated heterocycles. The Kier molecular flexibility index (Phi) is 3.74. The van der Waals surface area contributed by atoms with Crippen LogP contribution in [0.4, 0.5) is 0 Å². The molecule has 0 spiro atoms. The van der Waals surface area contributed by atoms with Crippen molar-refractivity contribution in [3.8, 4) is 11.8 Å². The Hall–Kier alpha value is -1.49. The third-order valence-corrected chi connectivity index (χ3v) is 0.713. The first-order valence-electron chi connectivity index (χ1n) is 2.66. The molecule has 0 N–H and O–H groups in total. The molecule has 0 amide bonds. The van der Waals surface area contributed by atoms with E-state index >= 15 is 0 Å². The maximum Gasteiger partial charge on any atom is 0.350 e. The van der Waals surface area contributed by atoms with Gasteiger partial charge in [0.25, 0.3) is 0 Å². The highest BCUT2D eigenvalue weighted by molar-refractivity contribution is 5.92. The van der Waals surface area contributed by atoms with Gasteiger partial charge in [-0.2, -0.15) is 0 Å². The Balaban J connectivity index is 4.04. The molecule has 0 unspecified atom stereocenters. The van der Waals surface area contributed by atoms with Crippen LogP contribution in [0.15, 0.2) is 25.0 Å². The maximum absolute atomic E-state index is 10.6. The molecule has 0 aromatic rings. The zero-order valence-corrected chi connectivity index (χ0v) is 5.81. The summed E-state index contributed by atoms with van der Waals surface area (Å²) in [6.07, 6.45) is 1.05. The van der Waals surface area contributed by atoms with Gasteiger partial charge in [-0.3, -0.25) is 0 Å². The van der Waals surface area contributed by atoms with Crippen LogP contribution in [-0.4, -0.2) is 5.97 Å². The highest BCUT2D eigenvalue weighted by Gasteiger charge is 2.01. The van der Waals surface area contributed by atoms with E-state index in [1.54, 1.807) is 6.92 Å². The molecule has 2 nitrogen and oxygen atoms in total. The zero-order chi connectivity index (χ0) is 7.98. The number of hydrogen-bond donors (Lipinski definition) is 0. The van der Waals surface area contributed by atoms with Crippen molar-refractivity contribution >= 4 is 5.97 Å². The van der Waals surface area contributed by atoms with E-state index in [1.807, 2.05) is 0 Å². The first kappa shape index (κ1) is 8.51. The first-order chi connectivity index (χ1) is 4.72. The fourth-order valence-electron chi connectivity index (χ4n) is 0.349. The molecule has 0 aromatic carbocycles. The molecule has 0 fully saturated rings. The lowest BCUT2D eigenvalue weighted by Crippen LogP contribution is -2.00. The summed E-state index contributed by atoms with van der Waals surface area (Å²) in [5.74, 6) is 4.43. The minimum atomic E-state index is -0.552. The van der Waals surface area contributed by atoms with Crippen LogP contribution >= 0.6 is 0 Å². The van der Waals surface area contributed by atoms with E-state index < -0.39 is 5.97 Å². The fraction of sp³-hybridized carbons (Fsp3) is 0.125. The van der Waals surface area contributed by atoms with Crippen molar-refractivity contribution in [2.45, 2.75) is 6.92 Å². The Morgan fingerprint density at radius 2 is 2.30 bits per heavy atom. The molecule has 0 rings (SSSR count). The highest BCUT2D eigenvalue weighted by atomic mass is 16.5. The van der Waals surface area contributed by atoms with Crippen LogP contribution in [0.5, 0.6) is 0 Å². The standard InChI is InChI=1S/C8H8O2/c1-4-6-7(3)8(9)10-5-2/h5H,2-3H2,1H3. The lowest BCUT2D eigenvalue weighted by Gasteiger charge is -1.92. The second-order valence-corrected chi connectivity index (χ2v) is 1.43. The van der Waals surface area contributed by atoms with E-state index in [2.05, 4.69) is 29.7 Å². The molecule has 2 heteroatoms. The summed E-state index contributed by atoms with van der Waals surface area (Å²) >= 11 is 0. The zero-order valence-electron chi connectivity index (χ0n) is 5.81. The van der Waals surface area contributed by atoms with Crippen molar-refractivity contribution in [2.75, 3.05) is 0 Å². The first-order valence-corrected chi connectivity index (χ1v) is 2.66. The van der Waals surface area contributed by atoms with Crippen LogP contribution in [0.25, 0.3) is 0 Å². The maximum atomic E-state index is 10.6. The van der Waals surface area contributed by atoms with Crippen molar-refractivity contribution in [1.29, 1.82) is 0 Å². The molecule has 0 heterocycles. The molecule has 0 aliphatic carbocycles. The van der Waals surface area contributed by atoms with Crippen molar-refractivity contribution in [2.24, 2.45) is 0 Å². The smallest absolute Gasteiger partial charge is 0.350 e. The minimum absolute atomic E-state index is 0.141. The summed E-state index contributed by atoms with van der Waals surface area (Å²) in [5.41, 5.74) is 0.141. The normalized spacial score (nSPS) is 6.90. The van der Waals surface area contributed by atoms with E-state index in [0.717, 1.165) is 6.26 Å². The van der Waals surface area contributed by atoms with E-state index in [9.17, 15) is 4.79 Å². The molecule has 0 bridgehead atoms. The number of rotatable bonds is 2. The molecule has 0 aliphatic heterocycles. The summed E-state index contributed by atoms with van der Waals surface area (Å²) in [4.78, 5) is 10.6. The quantitative estimate of drug-likeness (QED) is 0.247. The SMILES string of the molecule is C=COC(=O)C(=C)C#CC. The fourth-order valence-corrected chi connectivity index (χ4v) is 0.349. The Morgan fingerprint density at radius 1 is 1.70 bits per heavy atom. The van der Waals surface area contributed by atoms with E-state index in [0.29, 0.717) is 0 Å². The molecule has 0 atom stereocenters. The van der Waals surface area contributed by atoms with Gasteiger partial charge in [-0.25, -0.2) is 4.79 Å². The van der Waals surface area contributed by atoms with Gasteiger partial charge < -0.3 is 4.74 Å². The molecule has 0 aliphatic rings. The summed E-state index contributed by atoms with van der Waals surface area (Å²) in [5, 5.41) is 0. The minimum Gasteiger partial charge on any atom is -0.431 e. The summed E-state index contributed by atoms with van der Waals surface area (Å²) in [7, 11) is 0. The third kappa shape index (κ3) is 2.73. The average molecular weight is 136 g/mol. The average Bonchev–Trinajstić information content (AvgIpc) is 1.89. The van der Waals surface area contributed by atoms with Crippen molar-refractivity contribution in [3.05, 3.63) is 25.0 Å². The lowest BCUT2D eigenvalue weighted by molar-refractivity contribution is -0.133. The van der Waals surface area contributed by atoms with Gasteiger partial charge in [-0.1, -0.05) is 19.1 Å². The lowest BCUT2D eigenvalue weighted by atomic mass is 10.3. The Labute approximate surface area is 60.2 Å². The Bertz CT molecular complexity index is 215. The third-order valence-electron chi connectivity index (χ3n) is 0.713. The van der Waals surface area contributed by atoms with Crippen molar-refractivity contribution in [3.63, 3.8) is 0 Å². The molecule has 0 saturated carbocycles. The van der Waals surface area contributed by atoms with Crippen LogP contribution in [-0.2, 0) is 9.53 Å². The van der Waals surface area contributed by atoms with Gasteiger partial charge in [0.05, 0.1) is 6.26 Å². The summed E-state index contributed by atoms with van der Waals surface area (Å²) in [6.45, 7) is 8.20. The van der Waals surface area contributed by atoms with Crippen LogP contribution in [0.3, 0.4) is 0 Å². The van der Waals surface area contributed by atoms with Gasteiger partial charge in [0, 0.05) is 0 Å². The monoisotopic (exact) mass is 136 g/mol. The van der Waals surface area contributed by atoms with Gasteiger partial charge in [-0.05, 0) is 6.92 Å². The van der Waals surface area contributed by atoms with E-state index in [1.165, 1.54) is 0 Å². The van der Waals surface area contributed by atoms with Crippen molar-refractivity contribution < 1.29 is 9.53 Å². The van der Waals surface area contributed by atoms with Gasteiger partial charge in [0.15, 0.2) is 0 Å². The second kappa shape index (κ2) is 4.39. The van der Waals surface area contributed by atoms with Gasteiger partial charge in [0.1, 0.15) is 5.57 Å². The predicted molar refractivity (Wildman–Crippen MR) is 38.9 cm³/mol. The highest BCUT2D eigenvalue weighted by Crippen LogP contribution is 1.91. The van der Waals surface area contributed by atoms with Crippen molar-refractivity contribution in [1.82, 2.24) is 0 Å². The number of carbonyl (C=O) groups excluding carboxylic acids is 1. The van der Waals surface area contributed by atoms with Crippen LogP contribution in [0.1, 0.15) is 6.92 Å². The topological polar surface area (TPSA) is 26.3 Å². The molecule has 10 heavy (non-hydrogen) atoms. The van der Waals surface area contributed by atoms with Gasteiger partial charge in [-0.15, -0.1) is 5.92 Å². The summed E-state index contributed by atoms with van der Waals surface area (Å²) in [6, 6.07) is 0. The van der Waals surface area contributed by atoms with Crippen LogP contribution in [0, 0.1) is 11.8 Å². The molecular formula is C8H8O2. The number of carbonyl (C=O) groups is 1. The molecular weight excluding hydrogens is 128 g/mol. The molecule has 52 valence electrons. The largest absolute Gasteiger partial charge is 0.431 e. The summed E-state index contributed by atoms with van der Waals surface area (Å²) < 4.78 is 4.38. The molecule has 0 aromatic heterocycles. The van der Waals surface area contributed by atoms with Crippen LogP contribution < -0.4 is 0 Å². The van der Waals surface area contributed by atoms with Crippen LogP contribution in [0.2, 0.25) is 0 Å². The second-order valence-electron chi connectivity index (χ2n) is 1.43. The number of ether oxygens (including phenoxy) is 1. The Morgan fingerprint density at radius 3 is 2.70 bits per heavy atom. The molecule has 0 radical (unpaired) electrons.